The van der Waals surface area contributed by atoms with Gasteiger partial charge in [0, 0.05) is 6.61 Å². The van der Waals surface area contributed by atoms with E-state index in [2.05, 4.69) is 11.8 Å². The van der Waals surface area contributed by atoms with Gasteiger partial charge < -0.3 is 9.84 Å². The number of aliphatic hydroxyl groups is 1. The molecule has 0 aromatic carbocycles. The quantitative estimate of drug-likeness (QED) is 0.375. The molecular formula is C7H11ClO2. The van der Waals surface area contributed by atoms with Crippen LogP contribution < -0.4 is 0 Å². The van der Waals surface area contributed by atoms with E-state index >= 15 is 0 Å². The van der Waals surface area contributed by atoms with E-state index in [9.17, 15) is 0 Å². The maximum absolute atomic E-state index is 8.42. The molecule has 0 bridgehead atoms. The van der Waals surface area contributed by atoms with E-state index in [1.165, 1.54) is 0 Å². The minimum atomic E-state index is -0.458. The van der Waals surface area contributed by atoms with Gasteiger partial charge in [-0.3, -0.25) is 0 Å². The molecule has 1 unspecified atom stereocenters. The van der Waals surface area contributed by atoms with Crippen LogP contribution >= 0.6 is 11.6 Å². The SMILES string of the molecule is CCOCC#CC(Cl)CO. The standard InChI is InChI=1S/C7H11ClO2/c1-2-10-5-3-4-7(8)6-9/h7,9H,2,5-6H2,1H3. The summed E-state index contributed by atoms with van der Waals surface area (Å²) in [5.41, 5.74) is 0. The van der Waals surface area contributed by atoms with Gasteiger partial charge in [-0.25, -0.2) is 0 Å². The van der Waals surface area contributed by atoms with Crippen LogP contribution in [0.1, 0.15) is 6.92 Å². The molecule has 2 nitrogen and oxygen atoms in total. The van der Waals surface area contributed by atoms with E-state index in [0.29, 0.717) is 13.2 Å². The van der Waals surface area contributed by atoms with Crippen LogP contribution in [-0.2, 0) is 4.74 Å². The molecule has 0 heterocycles. The first-order chi connectivity index (χ1) is 4.81. The Morgan fingerprint density at radius 1 is 1.70 bits per heavy atom. The Balaban J connectivity index is 3.29. The fourth-order valence-electron chi connectivity index (χ4n) is 0.351. The second kappa shape index (κ2) is 6.88. The summed E-state index contributed by atoms with van der Waals surface area (Å²) in [5, 5.41) is 7.96. The van der Waals surface area contributed by atoms with Crippen molar-refractivity contribution in [3.05, 3.63) is 0 Å². The van der Waals surface area contributed by atoms with Crippen LogP contribution in [-0.4, -0.2) is 30.3 Å². The maximum atomic E-state index is 8.42. The van der Waals surface area contributed by atoms with Crippen LogP contribution in [0.25, 0.3) is 0 Å². The van der Waals surface area contributed by atoms with Crippen LogP contribution in [0, 0.1) is 11.8 Å². The van der Waals surface area contributed by atoms with Gasteiger partial charge in [-0.05, 0) is 6.92 Å². The van der Waals surface area contributed by atoms with Gasteiger partial charge in [0.15, 0.2) is 0 Å². The van der Waals surface area contributed by atoms with Crippen LogP contribution in [0.5, 0.6) is 0 Å². The third kappa shape index (κ3) is 5.90. The number of ether oxygens (including phenoxy) is 1. The summed E-state index contributed by atoms with van der Waals surface area (Å²) < 4.78 is 4.91. The van der Waals surface area contributed by atoms with Crippen molar-refractivity contribution < 1.29 is 9.84 Å². The molecule has 0 spiro atoms. The molecule has 1 atom stereocenters. The molecular weight excluding hydrogens is 152 g/mol. The highest BCUT2D eigenvalue weighted by Gasteiger charge is 1.92. The van der Waals surface area contributed by atoms with E-state index < -0.39 is 5.38 Å². The Morgan fingerprint density at radius 2 is 2.40 bits per heavy atom. The molecule has 0 aliphatic heterocycles. The largest absolute Gasteiger partial charge is 0.394 e. The zero-order chi connectivity index (χ0) is 7.82. The molecule has 0 saturated carbocycles. The van der Waals surface area contributed by atoms with Crippen LogP contribution in [0.2, 0.25) is 0 Å². The summed E-state index contributed by atoms with van der Waals surface area (Å²) >= 11 is 5.47. The molecule has 0 saturated heterocycles. The Morgan fingerprint density at radius 3 is 2.90 bits per heavy atom. The number of alkyl halides is 1. The molecule has 1 N–H and O–H groups in total. The minimum Gasteiger partial charge on any atom is -0.394 e. The van der Waals surface area contributed by atoms with E-state index in [-0.39, 0.29) is 6.61 Å². The van der Waals surface area contributed by atoms with Crippen molar-refractivity contribution in [2.75, 3.05) is 19.8 Å². The van der Waals surface area contributed by atoms with Gasteiger partial charge in [0.05, 0.1) is 6.61 Å². The average molecular weight is 163 g/mol. The van der Waals surface area contributed by atoms with Gasteiger partial charge in [-0.15, -0.1) is 11.6 Å². The van der Waals surface area contributed by atoms with Crippen molar-refractivity contribution in [3.8, 4) is 11.8 Å². The van der Waals surface area contributed by atoms with E-state index in [1.54, 1.807) is 0 Å². The Kier molecular flexibility index (Phi) is 6.73. The predicted octanol–water partition coefficient (Wildman–Crippen LogP) is 0.626. The highest BCUT2D eigenvalue weighted by atomic mass is 35.5. The van der Waals surface area contributed by atoms with Gasteiger partial charge in [-0.1, -0.05) is 11.8 Å². The van der Waals surface area contributed by atoms with Crippen molar-refractivity contribution in [1.82, 2.24) is 0 Å². The van der Waals surface area contributed by atoms with Gasteiger partial charge >= 0.3 is 0 Å². The molecule has 0 fully saturated rings. The normalized spacial score (nSPS) is 11.9. The van der Waals surface area contributed by atoms with Gasteiger partial charge in [0.25, 0.3) is 0 Å². The molecule has 0 aliphatic rings. The summed E-state index contributed by atoms with van der Waals surface area (Å²) in [5.74, 6) is 5.28. The van der Waals surface area contributed by atoms with Crippen LogP contribution in [0.15, 0.2) is 0 Å². The van der Waals surface area contributed by atoms with Gasteiger partial charge in [0.1, 0.15) is 12.0 Å². The summed E-state index contributed by atoms with van der Waals surface area (Å²) in [6, 6.07) is 0. The molecule has 0 rings (SSSR count). The molecule has 58 valence electrons. The Labute approximate surface area is 66.1 Å². The van der Waals surface area contributed by atoms with E-state index in [1.807, 2.05) is 6.92 Å². The molecule has 0 aromatic rings. The van der Waals surface area contributed by atoms with Crippen molar-refractivity contribution >= 4 is 11.6 Å². The Bertz CT molecular complexity index is 125. The average Bonchev–Trinajstić information content (AvgIpc) is 1.98. The number of hydrogen-bond acceptors (Lipinski definition) is 2. The lowest BCUT2D eigenvalue weighted by Gasteiger charge is -1.92. The van der Waals surface area contributed by atoms with Crippen molar-refractivity contribution in [1.29, 1.82) is 0 Å². The van der Waals surface area contributed by atoms with Crippen molar-refractivity contribution in [2.24, 2.45) is 0 Å². The minimum absolute atomic E-state index is 0.110. The fraction of sp³-hybridized carbons (Fsp3) is 0.714. The number of aliphatic hydroxyl groups excluding tert-OH is 1. The molecule has 0 aromatic heterocycles. The van der Waals surface area contributed by atoms with Crippen molar-refractivity contribution in [3.63, 3.8) is 0 Å². The van der Waals surface area contributed by atoms with Crippen molar-refractivity contribution in [2.45, 2.75) is 12.3 Å². The van der Waals surface area contributed by atoms with E-state index in [0.717, 1.165) is 0 Å². The highest BCUT2D eigenvalue weighted by molar-refractivity contribution is 6.22. The summed E-state index contributed by atoms with van der Waals surface area (Å²) in [4.78, 5) is 0. The lowest BCUT2D eigenvalue weighted by atomic mass is 10.4. The number of hydrogen-bond donors (Lipinski definition) is 1. The summed E-state index contributed by atoms with van der Waals surface area (Å²) in [6.45, 7) is 2.83. The van der Waals surface area contributed by atoms with Gasteiger partial charge in [-0.2, -0.15) is 0 Å². The van der Waals surface area contributed by atoms with E-state index in [4.69, 9.17) is 21.4 Å². The topological polar surface area (TPSA) is 29.5 Å². The van der Waals surface area contributed by atoms with Crippen LogP contribution in [0.4, 0.5) is 0 Å². The molecule has 0 radical (unpaired) electrons. The zero-order valence-corrected chi connectivity index (χ0v) is 6.69. The summed E-state index contributed by atoms with van der Waals surface area (Å²) in [6.07, 6.45) is 0. The highest BCUT2D eigenvalue weighted by Crippen LogP contribution is 1.89. The van der Waals surface area contributed by atoms with Crippen LogP contribution in [0.3, 0.4) is 0 Å². The van der Waals surface area contributed by atoms with Gasteiger partial charge in [0.2, 0.25) is 0 Å². The second-order valence-corrected chi connectivity index (χ2v) is 2.14. The first-order valence-electron chi connectivity index (χ1n) is 3.12. The fourth-order valence-corrected chi connectivity index (χ4v) is 0.428. The molecule has 10 heavy (non-hydrogen) atoms. The third-order valence-electron chi connectivity index (χ3n) is 0.797. The molecule has 3 heteroatoms. The first kappa shape index (κ1) is 9.77. The second-order valence-electron chi connectivity index (χ2n) is 1.61. The monoisotopic (exact) mass is 162 g/mol. The predicted molar refractivity (Wildman–Crippen MR) is 41.0 cm³/mol. The summed E-state index contributed by atoms with van der Waals surface area (Å²) in [7, 11) is 0. The Hall–Kier alpha value is -0.230. The zero-order valence-electron chi connectivity index (χ0n) is 5.93. The third-order valence-corrected chi connectivity index (χ3v) is 1.04. The number of rotatable bonds is 3. The maximum Gasteiger partial charge on any atom is 0.117 e. The molecule has 0 aliphatic carbocycles. The first-order valence-corrected chi connectivity index (χ1v) is 3.56. The molecule has 0 amide bonds. The lowest BCUT2D eigenvalue weighted by molar-refractivity contribution is 0.182. The lowest BCUT2D eigenvalue weighted by Crippen LogP contribution is -2.00. The smallest absolute Gasteiger partial charge is 0.117 e. The number of halogens is 1.